The van der Waals surface area contributed by atoms with Gasteiger partial charge in [-0.05, 0) is 18.4 Å². The number of azide groups is 1. The zero-order valence-electron chi connectivity index (χ0n) is 8.33. The third kappa shape index (κ3) is 1.87. The first-order chi connectivity index (χ1) is 7.33. The summed E-state index contributed by atoms with van der Waals surface area (Å²) >= 11 is 0. The number of fused-ring (bicyclic) bond motifs is 1. The number of hydrogen-bond donors (Lipinski definition) is 0. The Labute approximate surface area is 85.9 Å². The predicted molar refractivity (Wildman–Crippen MR) is 53.4 cm³/mol. The summed E-state index contributed by atoms with van der Waals surface area (Å²) in [4.78, 5) is 14.4. The van der Waals surface area contributed by atoms with E-state index < -0.39 is 0 Å². The molecule has 0 radical (unpaired) electrons. The number of rotatable bonds is 3. The maximum absolute atomic E-state index is 11.7. The van der Waals surface area contributed by atoms with E-state index in [0.717, 1.165) is 31.6 Å². The summed E-state index contributed by atoms with van der Waals surface area (Å²) in [7, 11) is 0. The Balaban J connectivity index is 2.21. The Hall–Kier alpha value is -1.75. The third-order valence-corrected chi connectivity index (χ3v) is 2.51. The molecular weight excluding hydrogens is 196 g/mol. The number of hydrogen-bond acceptors (Lipinski definition) is 3. The fourth-order valence-corrected chi connectivity index (χ4v) is 1.78. The van der Waals surface area contributed by atoms with Crippen LogP contribution in [-0.2, 0) is 19.5 Å². The van der Waals surface area contributed by atoms with Crippen molar-refractivity contribution >= 4 is 0 Å². The van der Waals surface area contributed by atoms with E-state index in [2.05, 4.69) is 15.1 Å². The largest absolute Gasteiger partial charge is 0.345 e. The summed E-state index contributed by atoms with van der Waals surface area (Å²) in [5, 5.41) is 7.59. The number of aryl methyl sites for hydroxylation is 1. The molecule has 15 heavy (non-hydrogen) atoms. The molecule has 0 aliphatic carbocycles. The minimum absolute atomic E-state index is 0.0853. The van der Waals surface area contributed by atoms with Gasteiger partial charge in [0.2, 0.25) is 0 Å². The Kier molecular flexibility index (Phi) is 2.73. The van der Waals surface area contributed by atoms with Crippen molar-refractivity contribution in [3.8, 4) is 0 Å². The van der Waals surface area contributed by atoms with Crippen LogP contribution in [0.25, 0.3) is 10.4 Å². The lowest BCUT2D eigenvalue weighted by Crippen LogP contribution is -2.27. The molecule has 0 N–H and O–H groups in total. The van der Waals surface area contributed by atoms with E-state index in [9.17, 15) is 4.79 Å². The maximum Gasteiger partial charge on any atom is 0.345 e. The van der Waals surface area contributed by atoms with Gasteiger partial charge in [-0.1, -0.05) is 5.11 Å². The molecule has 0 atom stereocenters. The summed E-state index contributed by atoms with van der Waals surface area (Å²) in [6, 6.07) is 0. The van der Waals surface area contributed by atoms with Gasteiger partial charge in [-0.15, -0.1) is 0 Å². The molecule has 80 valence electrons. The van der Waals surface area contributed by atoms with Crippen LogP contribution in [0, 0.1) is 0 Å². The van der Waals surface area contributed by atoms with Gasteiger partial charge in [0.1, 0.15) is 5.82 Å². The minimum atomic E-state index is -0.0853. The SMILES string of the molecule is [N-]=[N+]=NCCn1nc2n(c1=O)CCCC2. The second kappa shape index (κ2) is 4.18. The average Bonchev–Trinajstić information content (AvgIpc) is 2.57. The second-order valence-electron chi connectivity index (χ2n) is 3.49. The van der Waals surface area contributed by atoms with Crippen molar-refractivity contribution in [1.82, 2.24) is 14.3 Å². The van der Waals surface area contributed by atoms with E-state index in [1.165, 1.54) is 4.68 Å². The van der Waals surface area contributed by atoms with Crippen LogP contribution in [0.2, 0.25) is 0 Å². The van der Waals surface area contributed by atoms with Crippen molar-refractivity contribution in [2.45, 2.75) is 32.4 Å². The maximum atomic E-state index is 11.7. The highest BCUT2D eigenvalue weighted by molar-refractivity contribution is 4.91. The smallest absolute Gasteiger partial charge is 0.279 e. The summed E-state index contributed by atoms with van der Waals surface area (Å²) in [5.74, 6) is 0.854. The molecule has 0 bridgehead atoms. The lowest BCUT2D eigenvalue weighted by Gasteiger charge is -2.09. The van der Waals surface area contributed by atoms with E-state index in [-0.39, 0.29) is 12.2 Å². The molecule has 0 saturated carbocycles. The summed E-state index contributed by atoms with van der Waals surface area (Å²) in [5.41, 5.74) is 8.04. The van der Waals surface area contributed by atoms with Crippen molar-refractivity contribution < 1.29 is 0 Å². The molecule has 0 spiro atoms. The molecule has 0 unspecified atom stereocenters. The Morgan fingerprint density at radius 3 is 3.13 bits per heavy atom. The molecule has 2 rings (SSSR count). The van der Waals surface area contributed by atoms with E-state index >= 15 is 0 Å². The molecule has 1 aromatic rings. The number of nitrogens with zero attached hydrogens (tertiary/aromatic N) is 6. The predicted octanol–water partition coefficient (Wildman–Crippen LogP) is 0.691. The number of aromatic nitrogens is 3. The van der Waals surface area contributed by atoms with Crippen molar-refractivity contribution in [3.05, 3.63) is 26.8 Å². The highest BCUT2D eigenvalue weighted by Gasteiger charge is 2.15. The van der Waals surface area contributed by atoms with Crippen LogP contribution in [0.3, 0.4) is 0 Å². The van der Waals surface area contributed by atoms with Gasteiger partial charge in [0.05, 0.1) is 6.54 Å². The molecule has 0 fully saturated rings. The van der Waals surface area contributed by atoms with Gasteiger partial charge in [-0.2, -0.15) is 5.10 Å². The van der Waals surface area contributed by atoms with Crippen LogP contribution < -0.4 is 5.69 Å². The highest BCUT2D eigenvalue weighted by atomic mass is 16.2. The van der Waals surface area contributed by atoms with Crippen molar-refractivity contribution in [3.63, 3.8) is 0 Å². The molecule has 7 heteroatoms. The van der Waals surface area contributed by atoms with Gasteiger partial charge in [-0.3, -0.25) is 4.57 Å². The van der Waals surface area contributed by atoms with E-state index in [4.69, 9.17) is 5.53 Å². The molecule has 1 aliphatic rings. The van der Waals surface area contributed by atoms with Gasteiger partial charge in [-0.25, -0.2) is 9.48 Å². The van der Waals surface area contributed by atoms with Crippen molar-refractivity contribution in [2.24, 2.45) is 5.11 Å². The van der Waals surface area contributed by atoms with E-state index in [1.807, 2.05) is 0 Å². The fraction of sp³-hybridized carbons (Fsp3) is 0.750. The molecule has 0 amide bonds. The van der Waals surface area contributed by atoms with Gasteiger partial charge >= 0.3 is 5.69 Å². The Morgan fingerprint density at radius 1 is 1.53 bits per heavy atom. The van der Waals surface area contributed by atoms with Gasteiger partial charge < -0.3 is 0 Å². The third-order valence-electron chi connectivity index (χ3n) is 2.51. The van der Waals surface area contributed by atoms with Gasteiger partial charge in [0.15, 0.2) is 0 Å². The van der Waals surface area contributed by atoms with Gasteiger partial charge in [0.25, 0.3) is 0 Å². The summed E-state index contributed by atoms with van der Waals surface area (Å²) in [6.07, 6.45) is 2.99. The normalized spacial score (nSPS) is 14.4. The molecule has 1 aliphatic heterocycles. The first-order valence-corrected chi connectivity index (χ1v) is 5.00. The van der Waals surface area contributed by atoms with Crippen LogP contribution >= 0.6 is 0 Å². The van der Waals surface area contributed by atoms with Crippen molar-refractivity contribution in [1.29, 1.82) is 0 Å². The lowest BCUT2D eigenvalue weighted by molar-refractivity contribution is 0.511. The first-order valence-electron chi connectivity index (χ1n) is 5.00. The average molecular weight is 208 g/mol. The monoisotopic (exact) mass is 208 g/mol. The zero-order valence-corrected chi connectivity index (χ0v) is 8.33. The molecule has 2 heterocycles. The van der Waals surface area contributed by atoms with Crippen LogP contribution in [-0.4, -0.2) is 20.9 Å². The van der Waals surface area contributed by atoms with Crippen LogP contribution in [0.5, 0.6) is 0 Å². The molecular formula is C8H12N6O. The molecule has 0 saturated heterocycles. The lowest BCUT2D eigenvalue weighted by atomic mass is 10.2. The quantitative estimate of drug-likeness (QED) is 0.415. The first kappa shape index (κ1) is 9.79. The van der Waals surface area contributed by atoms with Crippen molar-refractivity contribution in [2.75, 3.05) is 6.54 Å². The molecule has 7 nitrogen and oxygen atoms in total. The topological polar surface area (TPSA) is 88.6 Å². The van der Waals surface area contributed by atoms with E-state index in [1.54, 1.807) is 4.57 Å². The standard InChI is InChI=1S/C8H12N6O/c9-12-10-4-6-14-8(15)13-5-2-1-3-7(13)11-14/h1-6H2. The minimum Gasteiger partial charge on any atom is -0.279 e. The summed E-state index contributed by atoms with van der Waals surface area (Å²) < 4.78 is 3.09. The Morgan fingerprint density at radius 2 is 2.40 bits per heavy atom. The van der Waals surface area contributed by atoms with Gasteiger partial charge in [0, 0.05) is 24.4 Å². The molecule has 0 aromatic carbocycles. The zero-order chi connectivity index (χ0) is 10.7. The molecule has 1 aromatic heterocycles. The van der Waals surface area contributed by atoms with E-state index in [0.29, 0.717) is 6.54 Å². The Bertz CT molecular complexity index is 452. The fourth-order valence-electron chi connectivity index (χ4n) is 1.78. The van der Waals surface area contributed by atoms with Crippen LogP contribution in [0.4, 0.5) is 0 Å². The second-order valence-corrected chi connectivity index (χ2v) is 3.49. The van der Waals surface area contributed by atoms with Crippen LogP contribution in [0.1, 0.15) is 18.7 Å². The van der Waals surface area contributed by atoms with Crippen LogP contribution in [0.15, 0.2) is 9.91 Å². The highest BCUT2D eigenvalue weighted by Crippen LogP contribution is 2.08. The summed E-state index contributed by atoms with van der Waals surface area (Å²) in [6.45, 7) is 1.39.